The quantitative estimate of drug-likeness (QED) is 0.880. The van der Waals surface area contributed by atoms with Gasteiger partial charge in [0, 0.05) is 12.2 Å². The number of aliphatic hydroxyl groups is 1. The van der Waals surface area contributed by atoms with Crippen LogP contribution in [0.15, 0.2) is 24.3 Å². The molecule has 21 heavy (non-hydrogen) atoms. The fraction of sp³-hybridized carbons (Fsp3) is 0.562. The van der Waals surface area contributed by atoms with Gasteiger partial charge in [-0.3, -0.25) is 0 Å². The molecule has 0 aromatic heterocycles. The van der Waals surface area contributed by atoms with Gasteiger partial charge in [0.25, 0.3) is 0 Å². The molecule has 1 aromatic carbocycles. The lowest BCUT2D eigenvalue weighted by atomic mass is 10.1. The Labute approximate surface area is 124 Å². The number of benzene rings is 1. The molecule has 1 aromatic rings. The van der Waals surface area contributed by atoms with Crippen LogP contribution in [0.2, 0.25) is 0 Å². The molecular formula is C16H22N2O3. The predicted molar refractivity (Wildman–Crippen MR) is 80.2 cm³/mol. The van der Waals surface area contributed by atoms with Crippen LogP contribution in [0.1, 0.15) is 37.9 Å². The average molecular weight is 290 g/mol. The molecule has 2 fully saturated rings. The number of amides is 2. The molecule has 5 nitrogen and oxygen atoms in total. The van der Waals surface area contributed by atoms with Crippen molar-refractivity contribution in [3.63, 3.8) is 0 Å². The van der Waals surface area contributed by atoms with E-state index in [4.69, 9.17) is 4.74 Å². The molecule has 0 radical (unpaired) electrons. The molecule has 1 heterocycles. The van der Waals surface area contributed by atoms with Crippen molar-refractivity contribution in [1.82, 2.24) is 4.90 Å². The number of ether oxygens (including phenoxy) is 1. The SMILES string of the molecule is CC(O)c1cccc(NC(=O)N2CCOC3CCCC32)c1. The maximum absolute atomic E-state index is 12.5. The minimum absolute atomic E-state index is 0.0713. The molecular weight excluding hydrogens is 268 g/mol. The molecule has 1 aliphatic carbocycles. The van der Waals surface area contributed by atoms with Gasteiger partial charge < -0.3 is 20.1 Å². The lowest BCUT2D eigenvalue weighted by Crippen LogP contribution is -2.52. The summed E-state index contributed by atoms with van der Waals surface area (Å²) in [6, 6.07) is 7.49. The Kier molecular flexibility index (Phi) is 4.12. The molecule has 0 bridgehead atoms. The van der Waals surface area contributed by atoms with Gasteiger partial charge in [-0.1, -0.05) is 12.1 Å². The van der Waals surface area contributed by atoms with E-state index in [2.05, 4.69) is 5.32 Å². The van der Waals surface area contributed by atoms with Gasteiger partial charge in [-0.15, -0.1) is 0 Å². The standard InChI is InChI=1S/C16H22N2O3/c1-11(19)12-4-2-5-13(10-12)17-16(20)18-8-9-21-15-7-3-6-14(15)18/h2,4-5,10-11,14-15,19H,3,6-9H2,1H3,(H,17,20). The van der Waals surface area contributed by atoms with Crippen LogP contribution in [0.25, 0.3) is 0 Å². The normalized spacial score (nSPS) is 26.3. The summed E-state index contributed by atoms with van der Waals surface area (Å²) in [6.07, 6.45) is 2.85. The van der Waals surface area contributed by atoms with Crippen LogP contribution in [-0.2, 0) is 4.74 Å². The van der Waals surface area contributed by atoms with Crippen molar-refractivity contribution in [3.05, 3.63) is 29.8 Å². The first-order chi connectivity index (χ1) is 10.1. The number of hydrogen-bond acceptors (Lipinski definition) is 3. The summed E-state index contributed by atoms with van der Waals surface area (Å²) in [4.78, 5) is 14.4. The van der Waals surface area contributed by atoms with Crippen LogP contribution in [-0.4, -0.2) is 41.3 Å². The summed E-state index contributed by atoms with van der Waals surface area (Å²) < 4.78 is 5.73. The third-order valence-electron chi connectivity index (χ3n) is 4.36. The van der Waals surface area contributed by atoms with Gasteiger partial charge in [0.2, 0.25) is 0 Å². The number of nitrogens with zero attached hydrogens (tertiary/aromatic N) is 1. The van der Waals surface area contributed by atoms with Gasteiger partial charge in [0.1, 0.15) is 0 Å². The highest BCUT2D eigenvalue weighted by Crippen LogP contribution is 2.30. The second kappa shape index (κ2) is 6.03. The van der Waals surface area contributed by atoms with Crippen LogP contribution in [0, 0.1) is 0 Å². The maximum atomic E-state index is 12.5. The Morgan fingerprint density at radius 1 is 1.48 bits per heavy atom. The molecule has 1 aliphatic heterocycles. The van der Waals surface area contributed by atoms with Crippen molar-refractivity contribution in [2.45, 2.75) is 44.4 Å². The molecule has 3 atom stereocenters. The van der Waals surface area contributed by atoms with E-state index < -0.39 is 6.10 Å². The van der Waals surface area contributed by atoms with Crippen molar-refractivity contribution >= 4 is 11.7 Å². The molecule has 1 saturated carbocycles. The first kappa shape index (κ1) is 14.4. The number of aliphatic hydroxyl groups excluding tert-OH is 1. The molecule has 2 aliphatic rings. The van der Waals surface area contributed by atoms with Gasteiger partial charge in [-0.25, -0.2) is 4.79 Å². The largest absolute Gasteiger partial charge is 0.389 e. The van der Waals surface area contributed by atoms with Crippen LogP contribution in [0.4, 0.5) is 10.5 Å². The number of fused-ring (bicyclic) bond motifs is 1. The summed E-state index contributed by atoms with van der Waals surface area (Å²) in [5.74, 6) is 0. The third kappa shape index (κ3) is 3.04. The summed E-state index contributed by atoms with van der Waals surface area (Å²) >= 11 is 0. The number of hydrogen-bond donors (Lipinski definition) is 2. The number of nitrogens with one attached hydrogen (secondary N) is 1. The first-order valence-electron chi connectivity index (χ1n) is 7.62. The molecule has 5 heteroatoms. The zero-order chi connectivity index (χ0) is 14.8. The summed E-state index contributed by atoms with van der Waals surface area (Å²) in [5, 5.41) is 12.6. The van der Waals surface area contributed by atoms with E-state index >= 15 is 0 Å². The van der Waals surface area contributed by atoms with Gasteiger partial charge in [0.15, 0.2) is 0 Å². The second-order valence-electron chi connectivity index (χ2n) is 5.83. The summed E-state index contributed by atoms with van der Waals surface area (Å²) in [5.41, 5.74) is 1.52. The van der Waals surface area contributed by atoms with Crippen LogP contribution < -0.4 is 5.32 Å². The van der Waals surface area contributed by atoms with Gasteiger partial charge >= 0.3 is 6.03 Å². The first-order valence-corrected chi connectivity index (χ1v) is 7.62. The Morgan fingerprint density at radius 2 is 2.33 bits per heavy atom. The molecule has 1 saturated heterocycles. The van der Waals surface area contributed by atoms with Gasteiger partial charge in [-0.05, 0) is 43.9 Å². The van der Waals surface area contributed by atoms with E-state index in [1.54, 1.807) is 6.92 Å². The number of morpholine rings is 1. The lowest BCUT2D eigenvalue weighted by molar-refractivity contribution is -0.0362. The second-order valence-corrected chi connectivity index (χ2v) is 5.83. The van der Waals surface area contributed by atoms with E-state index in [0.717, 1.165) is 30.5 Å². The number of carbonyl (C=O) groups is 1. The van der Waals surface area contributed by atoms with Crippen LogP contribution >= 0.6 is 0 Å². The Hall–Kier alpha value is -1.59. The van der Waals surface area contributed by atoms with Crippen LogP contribution in [0.3, 0.4) is 0 Å². The van der Waals surface area contributed by atoms with E-state index in [1.165, 1.54) is 0 Å². The zero-order valence-electron chi connectivity index (χ0n) is 12.3. The minimum atomic E-state index is -0.538. The fourth-order valence-corrected chi connectivity index (χ4v) is 3.25. The molecule has 3 unspecified atom stereocenters. The van der Waals surface area contributed by atoms with Crippen molar-refractivity contribution in [3.8, 4) is 0 Å². The lowest BCUT2D eigenvalue weighted by Gasteiger charge is -2.37. The zero-order valence-corrected chi connectivity index (χ0v) is 12.3. The number of urea groups is 1. The fourth-order valence-electron chi connectivity index (χ4n) is 3.25. The van der Waals surface area contributed by atoms with Crippen molar-refractivity contribution in [2.24, 2.45) is 0 Å². The van der Waals surface area contributed by atoms with Gasteiger partial charge in [-0.2, -0.15) is 0 Å². The van der Waals surface area contributed by atoms with E-state index in [-0.39, 0.29) is 18.2 Å². The average Bonchev–Trinajstić information content (AvgIpc) is 2.95. The third-order valence-corrected chi connectivity index (χ3v) is 4.36. The highest BCUT2D eigenvalue weighted by molar-refractivity contribution is 5.89. The molecule has 2 N–H and O–H groups in total. The van der Waals surface area contributed by atoms with Crippen LogP contribution in [0.5, 0.6) is 0 Å². The minimum Gasteiger partial charge on any atom is -0.389 e. The predicted octanol–water partition coefficient (Wildman–Crippen LogP) is 2.53. The highest BCUT2D eigenvalue weighted by Gasteiger charge is 2.38. The monoisotopic (exact) mass is 290 g/mol. The Morgan fingerprint density at radius 3 is 3.14 bits per heavy atom. The molecule has 3 rings (SSSR count). The number of carbonyl (C=O) groups excluding carboxylic acids is 1. The van der Waals surface area contributed by atoms with Crippen molar-refractivity contribution < 1.29 is 14.6 Å². The van der Waals surface area contributed by atoms with E-state index in [0.29, 0.717) is 13.2 Å². The number of rotatable bonds is 2. The summed E-state index contributed by atoms with van der Waals surface area (Å²) in [7, 11) is 0. The maximum Gasteiger partial charge on any atom is 0.322 e. The van der Waals surface area contributed by atoms with E-state index in [1.807, 2.05) is 29.2 Å². The highest BCUT2D eigenvalue weighted by atomic mass is 16.5. The van der Waals surface area contributed by atoms with Crippen molar-refractivity contribution in [1.29, 1.82) is 0 Å². The number of anilines is 1. The molecule has 0 spiro atoms. The summed E-state index contributed by atoms with van der Waals surface area (Å²) in [6.45, 7) is 2.97. The molecule has 114 valence electrons. The Bertz CT molecular complexity index is 518. The van der Waals surface area contributed by atoms with Gasteiger partial charge in [0.05, 0.1) is 24.9 Å². The van der Waals surface area contributed by atoms with E-state index in [9.17, 15) is 9.90 Å². The smallest absolute Gasteiger partial charge is 0.322 e. The van der Waals surface area contributed by atoms with Crippen molar-refractivity contribution in [2.75, 3.05) is 18.5 Å². The molecule has 2 amide bonds. The Balaban J connectivity index is 1.69. The topological polar surface area (TPSA) is 61.8 Å².